The Morgan fingerprint density at radius 2 is 1.73 bits per heavy atom. The maximum atomic E-state index is 13.5. The van der Waals surface area contributed by atoms with E-state index < -0.39 is 34.3 Å². The highest BCUT2D eigenvalue weighted by atomic mass is 32.2. The number of likely N-dealkylation sites (N-methyl/N-ethyl adjacent to an activating group) is 1. The summed E-state index contributed by atoms with van der Waals surface area (Å²) in [5, 5.41) is 2.72. The van der Waals surface area contributed by atoms with E-state index in [1.165, 1.54) is 36.3 Å². The Morgan fingerprint density at radius 3 is 2.27 bits per heavy atom. The van der Waals surface area contributed by atoms with Crippen molar-refractivity contribution in [1.82, 2.24) is 10.2 Å². The van der Waals surface area contributed by atoms with Crippen molar-refractivity contribution < 1.29 is 27.1 Å². The van der Waals surface area contributed by atoms with Crippen LogP contribution in [-0.2, 0) is 26.2 Å². The number of anilines is 1. The molecular formula is C23H30FN3O5S. The molecule has 0 radical (unpaired) electrons. The fraction of sp³-hybridized carbons (Fsp3) is 0.391. The molecule has 1 N–H and O–H groups in total. The smallest absolute Gasteiger partial charge is 0.244 e. The molecule has 0 bridgehead atoms. The van der Waals surface area contributed by atoms with Crippen LogP contribution in [0.2, 0.25) is 0 Å². The molecule has 2 amide bonds. The van der Waals surface area contributed by atoms with Gasteiger partial charge in [0.1, 0.15) is 24.2 Å². The van der Waals surface area contributed by atoms with Gasteiger partial charge in [-0.1, -0.05) is 31.2 Å². The molecule has 10 heteroatoms. The molecule has 0 saturated heterocycles. The van der Waals surface area contributed by atoms with Gasteiger partial charge in [-0.05, 0) is 43.2 Å². The van der Waals surface area contributed by atoms with Crippen LogP contribution in [-0.4, -0.2) is 57.6 Å². The van der Waals surface area contributed by atoms with E-state index >= 15 is 0 Å². The highest BCUT2D eigenvalue weighted by Crippen LogP contribution is 2.29. The fourth-order valence-electron chi connectivity index (χ4n) is 3.43. The van der Waals surface area contributed by atoms with Gasteiger partial charge in [0.2, 0.25) is 21.8 Å². The van der Waals surface area contributed by atoms with Crippen LogP contribution in [0.25, 0.3) is 0 Å². The van der Waals surface area contributed by atoms with E-state index in [0.717, 1.165) is 10.6 Å². The Kier molecular flexibility index (Phi) is 9.22. The van der Waals surface area contributed by atoms with E-state index in [1.807, 2.05) is 0 Å². The first-order chi connectivity index (χ1) is 15.6. The molecule has 0 fully saturated rings. The number of rotatable bonds is 11. The van der Waals surface area contributed by atoms with Gasteiger partial charge in [0.05, 0.1) is 19.1 Å². The molecule has 2 aromatic carbocycles. The number of amides is 2. The number of hydrogen-bond acceptors (Lipinski definition) is 5. The molecule has 33 heavy (non-hydrogen) atoms. The van der Waals surface area contributed by atoms with E-state index in [9.17, 15) is 22.4 Å². The largest absolute Gasteiger partial charge is 0.495 e. The minimum absolute atomic E-state index is 0.0122. The zero-order chi connectivity index (χ0) is 24.6. The maximum Gasteiger partial charge on any atom is 0.244 e. The topological polar surface area (TPSA) is 96.0 Å². The highest BCUT2D eigenvalue weighted by Gasteiger charge is 2.32. The Bertz CT molecular complexity index is 1060. The monoisotopic (exact) mass is 479 g/mol. The lowest BCUT2D eigenvalue weighted by atomic mass is 10.1. The lowest BCUT2D eigenvalue weighted by Gasteiger charge is -2.33. The fourth-order valence-corrected chi connectivity index (χ4v) is 4.28. The number of ether oxygens (including phenoxy) is 1. The SMILES string of the molecule is CCNC(=O)[C@H](CC)N(Cc1ccc(F)cc1)C(=O)CN(c1ccccc1OC)S(C)(=O)=O. The number of nitrogens with one attached hydrogen (secondary N) is 1. The molecule has 2 aromatic rings. The molecule has 0 spiro atoms. The molecule has 1 atom stereocenters. The third kappa shape index (κ3) is 6.92. The molecule has 8 nitrogen and oxygen atoms in total. The van der Waals surface area contributed by atoms with E-state index in [2.05, 4.69) is 5.32 Å². The summed E-state index contributed by atoms with van der Waals surface area (Å²) in [4.78, 5) is 27.5. The number of nitrogens with zero attached hydrogens (tertiary/aromatic N) is 2. The quantitative estimate of drug-likeness (QED) is 0.534. The second-order valence-electron chi connectivity index (χ2n) is 7.41. The number of carbonyl (C=O) groups excluding carboxylic acids is 2. The lowest BCUT2D eigenvalue weighted by molar-refractivity contribution is -0.140. The van der Waals surface area contributed by atoms with Gasteiger partial charge in [0, 0.05) is 13.1 Å². The van der Waals surface area contributed by atoms with Gasteiger partial charge in [-0.3, -0.25) is 13.9 Å². The third-order valence-electron chi connectivity index (χ3n) is 5.04. The minimum Gasteiger partial charge on any atom is -0.495 e. The normalized spacial score (nSPS) is 12.0. The van der Waals surface area contributed by atoms with Crippen LogP contribution in [0, 0.1) is 5.82 Å². The number of para-hydroxylation sites is 2. The molecular weight excluding hydrogens is 449 g/mol. The van der Waals surface area contributed by atoms with E-state index in [4.69, 9.17) is 4.74 Å². The summed E-state index contributed by atoms with van der Waals surface area (Å²) < 4.78 is 44.8. The van der Waals surface area contributed by atoms with Gasteiger partial charge in [-0.15, -0.1) is 0 Å². The zero-order valence-corrected chi connectivity index (χ0v) is 20.1. The van der Waals surface area contributed by atoms with Crippen LogP contribution in [0.1, 0.15) is 25.8 Å². The summed E-state index contributed by atoms with van der Waals surface area (Å²) in [6.07, 6.45) is 1.31. The van der Waals surface area contributed by atoms with E-state index in [0.29, 0.717) is 18.5 Å². The second kappa shape index (κ2) is 11.6. The standard InChI is InChI=1S/C23H30FN3O5S/c1-5-19(23(29)25-6-2)26(15-17-11-13-18(24)14-12-17)22(28)16-27(33(4,30)31)20-9-7-8-10-21(20)32-3/h7-14,19H,5-6,15-16H2,1-4H3,(H,25,29)/t19-/m0/s1. The maximum absolute atomic E-state index is 13.5. The van der Waals surface area contributed by atoms with Crippen LogP contribution < -0.4 is 14.4 Å². The molecule has 2 rings (SSSR count). The Labute approximate surface area is 194 Å². The van der Waals surface area contributed by atoms with Gasteiger partial charge >= 0.3 is 0 Å². The van der Waals surface area contributed by atoms with Crippen molar-refractivity contribution in [2.75, 3.05) is 30.8 Å². The number of benzene rings is 2. The summed E-state index contributed by atoms with van der Waals surface area (Å²) in [5.74, 6) is -1.06. The first-order valence-corrected chi connectivity index (χ1v) is 12.4. The van der Waals surface area contributed by atoms with Crippen molar-refractivity contribution in [2.45, 2.75) is 32.9 Å². The second-order valence-corrected chi connectivity index (χ2v) is 9.32. The zero-order valence-electron chi connectivity index (χ0n) is 19.2. The number of halogens is 1. The number of carbonyl (C=O) groups is 2. The lowest BCUT2D eigenvalue weighted by Crippen LogP contribution is -2.52. The molecule has 0 aliphatic carbocycles. The van der Waals surface area contributed by atoms with Gasteiger partial charge in [0.25, 0.3) is 0 Å². The van der Waals surface area contributed by atoms with Gasteiger partial charge in [-0.2, -0.15) is 0 Å². The summed E-state index contributed by atoms with van der Waals surface area (Å²) >= 11 is 0. The molecule has 0 aliphatic heterocycles. The molecule has 0 unspecified atom stereocenters. The van der Waals surface area contributed by atoms with Crippen LogP contribution >= 0.6 is 0 Å². The van der Waals surface area contributed by atoms with Crippen molar-refractivity contribution in [2.24, 2.45) is 0 Å². The Morgan fingerprint density at radius 1 is 1.09 bits per heavy atom. The average molecular weight is 480 g/mol. The van der Waals surface area contributed by atoms with Crippen LogP contribution in [0.4, 0.5) is 10.1 Å². The highest BCUT2D eigenvalue weighted by molar-refractivity contribution is 7.92. The predicted molar refractivity (Wildman–Crippen MR) is 125 cm³/mol. The summed E-state index contributed by atoms with van der Waals surface area (Å²) in [5.41, 5.74) is 0.819. The Hall–Kier alpha value is -3.14. The first kappa shape index (κ1) is 26.1. The summed E-state index contributed by atoms with van der Waals surface area (Å²) in [7, 11) is -2.46. The number of hydrogen-bond donors (Lipinski definition) is 1. The molecule has 0 aromatic heterocycles. The molecule has 0 saturated carbocycles. The van der Waals surface area contributed by atoms with Crippen molar-refractivity contribution in [3.8, 4) is 5.75 Å². The van der Waals surface area contributed by atoms with Crippen molar-refractivity contribution in [3.63, 3.8) is 0 Å². The van der Waals surface area contributed by atoms with Gasteiger partial charge in [-0.25, -0.2) is 12.8 Å². The third-order valence-corrected chi connectivity index (χ3v) is 6.16. The van der Waals surface area contributed by atoms with Gasteiger partial charge in [0.15, 0.2) is 0 Å². The van der Waals surface area contributed by atoms with Crippen LogP contribution in [0.3, 0.4) is 0 Å². The first-order valence-electron chi connectivity index (χ1n) is 10.5. The van der Waals surface area contributed by atoms with Crippen molar-refractivity contribution in [3.05, 3.63) is 59.9 Å². The molecule has 180 valence electrons. The number of sulfonamides is 1. The van der Waals surface area contributed by atoms with E-state index in [-0.39, 0.29) is 23.9 Å². The molecule has 0 heterocycles. The van der Waals surface area contributed by atoms with E-state index in [1.54, 1.807) is 38.1 Å². The summed E-state index contributed by atoms with van der Waals surface area (Å²) in [6.45, 7) is 3.39. The van der Waals surface area contributed by atoms with Crippen molar-refractivity contribution in [1.29, 1.82) is 0 Å². The Balaban J connectivity index is 2.46. The van der Waals surface area contributed by atoms with Crippen LogP contribution in [0.5, 0.6) is 5.75 Å². The summed E-state index contributed by atoms with van der Waals surface area (Å²) in [6, 6.07) is 11.2. The predicted octanol–water partition coefficient (Wildman–Crippen LogP) is 2.54. The van der Waals surface area contributed by atoms with Crippen molar-refractivity contribution >= 4 is 27.5 Å². The van der Waals surface area contributed by atoms with Gasteiger partial charge < -0.3 is 15.0 Å². The molecule has 0 aliphatic rings. The average Bonchev–Trinajstić information content (AvgIpc) is 2.78. The van der Waals surface area contributed by atoms with Crippen LogP contribution in [0.15, 0.2) is 48.5 Å². The number of methoxy groups -OCH3 is 1. The minimum atomic E-state index is -3.86.